The lowest BCUT2D eigenvalue weighted by atomic mass is 9.62. The molecule has 0 heterocycles. The minimum Gasteiger partial charge on any atom is -0.459 e. The molecule has 0 saturated heterocycles. The minimum absolute atomic E-state index is 0.215. The van der Waals surface area contributed by atoms with Gasteiger partial charge in [0.15, 0.2) is 5.41 Å². The van der Waals surface area contributed by atoms with Crippen LogP contribution in [0.2, 0.25) is 0 Å². The Bertz CT molecular complexity index is 567. The van der Waals surface area contributed by atoms with Gasteiger partial charge in [0.05, 0.1) is 6.07 Å². The third-order valence-electron chi connectivity index (χ3n) is 6.33. The van der Waals surface area contributed by atoms with Gasteiger partial charge in [0, 0.05) is 0 Å². The SMILES string of the molecule is CC(C)(C)OC(=O)C1(C#N)CC2CC1C1C3C=CC(C3)C21. The first kappa shape index (κ1) is 13.4. The predicted molar refractivity (Wildman–Crippen MR) is 77.8 cm³/mol. The maximum atomic E-state index is 12.7. The van der Waals surface area contributed by atoms with Crippen LogP contribution in [0.25, 0.3) is 0 Å². The zero-order chi connectivity index (χ0) is 15.0. The lowest BCUT2D eigenvalue weighted by molar-refractivity contribution is -0.169. The summed E-state index contributed by atoms with van der Waals surface area (Å²) in [5, 5.41) is 9.83. The summed E-state index contributed by atoms with van der Waals surface area (Å²) in [5.74, 6) is 3.09. The van der Waals surface area contributed by atoms with E-state index < -0.39 is 11.0 Å². The van der Waals surface area contributed by atoms with Gasteiger partial charge in [-0.1, -0.05) is 12.2 Å². The van der Waals surface area contributed by atoms with Crippen LogP contribution < -0.4 is 0 Å². The van der Waals surface area contributed by atoms with Gasteiger partial charge in [-0.25, -0.2) is 0 Å². The summed E-state index contributed by atoms with van der Waals surface area (Å²) >= 11 is 0. The highest BCUT2D eigenvalue weighted by Gasteiger charge is 2.69. The van der Waals surface area contributed by atoms with E-state index in [2.05, 4.69) is 18.2 Å². The van der Waals surface area contributed by atoms with Crippen LogP contribution in [0.5, 0.6) is 0 Å². The molecule has 3 nitrogen and oxygen atoms in total. The maximum Gasteiger partial charge on any atom is 0.327 e. The van der Waals surface area contributed by atoms with Gasteiger partial charge < -0.3 is 4.74 Å². The highest BCUT2D eigenvalue weighted by Crippen LogP contribution is 2.70. The number of hydrogen-bond donors (Lipinski definition) is 0. The maximum absolute atomic E-state index is 12.7. The molecule has 21 heavy (non-hydrogen) atoms. The van der Waals surface area contributed by atoms with Crippen molar-refractivity contribution in [3.8, 4) is 6.07 Å². The predicted octanol–water partition coefficient (Wildman–Crippen LogP) is 3.32. The van der Waals surface area contributed by atoms with E-state index in [-0.39, 0.29) is 11.9 Å². The number of fused-ring (bicyclic) bond motifs is 9. The molecular weight excluding hydrogens is 262 g/mol. The van der Waals surface area contributed by atoms with Crippen molar-refractivity contribution in [2.45, 2.75) is 45.6 Å². The average molecular weight is 285 g/mol. The Morgan fingerprint density at radius 2 is 1.90 bits per heavy atom. The van der Waals surface area contributed by atoms with Crippen LogP contribution in [0.1, 0.15) is 40.0 Å². The first-order valence-electron chi connectivity index (χ1n) is 8.19. The van der Waals surface area contributed by atoms with Gasteiger partial charge in [-0.2, -0.15) is 5.26 Å². The molecule has 3 saturated carbocycles. The molecule has 0 radical (unpaired) electrons. The van der Waals surface area contributed by atoms with Crippen molar-refractivity contribution in [2.24, 2.45) is 40.9 Å². The lowest BCUT2D eigenvalue weighted by Gasteiger charge is -2.40. The molecule has 0 aliphatic heterocycles. The number of rotatable bonds is 1. The molecule has 3 fully saturated rings. The summed E-state index contributed by atoms with van der Waals surface area (Å²) in [5.41, 5.74) is -1.39. The van der Waals surface area contributed by atoms with E-state index >= 15 is 0 Å². The molecule has 0 N–H and O–H groups in total. The number of carbonyl (C=O) groups excluding carboxylic acids is 1. The normalized spacial score (nSPS) is 49.2. The Kier molecular flexibility index (Phi) is 2.49. The first-order chi connectivity index (χ1) is 9.86. The fourth-order valence-electron chi connectivity index (χ4n) is 5.86. The summed E-state index contributed by atoms with van der Waals surface area (Å²) in [4.78, 5) is 12.7. The molecule has 7 unspecified atom stereocenters. The number of hydrogen-bond acceptors (Lipinski definition) is 3. The van der Waals surface area contributed by atoms with Crippen molar-refractivity contribution in [3.05, 3.63) is 12.2 Å². The number of nitrogens with zero attached hydrogens (tertiary/aromatic N) is 1. The van der Waals surface area contributed by atoms with Gasteiger partial charge in [-0.05, 0) is 75.5 Å². The molecule has 4 aliphatic carbocycles. The van der Waals surface area contributed by atoms with Crippen molar-refractivity contribution in [2.75, 3.05) is 0 Å². The fraction of sp³-hybridized carbons (Fsp3) is 0.778. The minimum atomic E-state index is -0.878. The summed E-state index contributed by atoms with van der Waals surface area (Å²) < 4.78 is 5.62. The van der Waals surface area contributed by atoms with Gasteiger partial charge in [0.2, 0.25) is 0 Å². The van der Waals surface area contributed by atoms with Crippen molar-refractivity contribution in [3.63, 3.8) is 0 Å². The largest absolute Gasteiger partial charge is 0.459 e. The van der Waals surface area contributed by atoms with E-state index in [4.69, 9.17) is 4.74 Å². The van der Waals surface area contributed by atoms with Crippen LogP contribution in [0.4, 0.5) is 0 Å². The molecule has 0 spiro atoms. The number of ether oxygens (including phenoxy) is 1. The van der Waals surface area contributed by atoms with Crippen molar-refractivity contribution < 1.29 is 9.53 Å². The first-order valence-corrected chi connectivity index (χ1v) is 8.19. The molecule has 0 amide bonds. The van der Waals surface area contributed by atoms with Gasteiger partial charge >= 0.3 is 5.97 Å². The van der Waals surface area contributed by atoms with Crippen molar-refractivity contribution in [1.29, 1.82) is 5.26 Å². The highest BCUT2D eigenvalue weighted by molar-refractivity contribution is 5.82. The average Bonchev–Trinajstić information content (AvgIpc) is 3.13. The monoisotopic (exact) mass is 285 g/mol. The molecule has 4 rings (SSSR count). The summed E-state index contributed by atoms with van der Waals surface area (Å²) in [6, 6.07) is 2.40. The van der Waals surface area contributed by atoms with E-state index in [0.29, 0.717) is 23.7 Å². The second kappa shape index (κ2) is 3.91. The number of allylic oxidation sites excluding steroid dienone is 2. The van der Waals surface area contributed by atoms with Gasteiger partial charge in [-0.3, -0.25) is 4.79 Å². The van der Waals surface area contributed by atoms with Crippen LogP contribution in [0.15, 0.2) is 12.2 Å². The van der Waals surface area contributed by atoms with Crippen LogP contribution in [-0.4, -0.2) is 11.6 Å². The highest BCUT2D eigenvalue weighted by atomic mass is 16.6. The standard InChI is InChI=1S/C18H23NO2/c1-17(2,3)21-16(20)18(9-19)8-12-7-13(18)15-11-5-4-10(6-11)14(12)15/h4-5,10-15H,6-8H2,1-3H3. The molecule has 4 aliphatic rings. The van der Waals surface area contributed by atoms with E-state index in [1.54, 1.807) is 0 Å². The van der Waals surface area contributed by atoms with Crippen molar-refractivity contribution >= 4 is 5.97 Å². The van der Waals surface area contributed by atoms with Gasteiger partial charge in [0.25, 0.3) is 0 Å². The summed E-state index contributed by atoms with van der Waals surface area (Å²) in [6.45, 7) is 5.64. The second-order valence-corrected chi connectivity index (χ2v) is 8.49. The number of nitriles is 1. The number of esters is 1. The van der Waals surface area contributed by atoms with Crippen LogP contribution in [0, 0.1) is 52.3 Å². The van der Waals surface area contributed by atoms with Crippen molar-refractivity contribution in [1.82, 2.24) is 0 Å². The quantitative estimate of drug-likeness (QED) is 0.422. The summed E-state index contributed by atoms with van der Waals surface area (Å²) in [7, 11) is 0. The number of carbonyl (C=O) groups is 1. The zero-order valence-electron chi connectivity index (χ0n) is 13.0. The molecule has 112 valence electrons. The van der Waals surface area contributed by atoms with Crippen LogP contribution in [0.3, 0.4) is 0 Å². The molecule has 0 aromatic rings. The molecule has 4 bridgehead atoms. The zero-order valence-corrected chi connectivity index (χ0v) is 13.0. The Morgan fingerprint density at radius 3 is 2.52 bits per heavy atom. The van der Waals surface area contributed by atoms with Gasteiger partial charge in [-0.15, -0.1) is 0 Å². The molecule has 0 aromatic carbocycles. The van der Waals surface area contributed by atoms with Gasteiger partial charge in [0.1, 0.15) is 5.60 Å². The Labute approximate surface area is 126 Å². The molecule has 7 atom stereocenters. The smallest absolute Gasteiger partial charge is 0.327 e. The third kappa shape index (κ3) is 1.62. The summed E-state index contributed by atoms with van der Waals surface area (Å²) in [6.07, 6.45) is 7.74. The Morgan fingerprint density at radius 1 is 1.24 bits per heavy atom. The fourth-order valence-corrected chi connectivity index (χ4v) is 5.86. The molecular formula is C18H23NO2. The van der Waals surface area contributed by atoms with E-state index in [1.165, 1.54) is 6.42 Å². The topological polar surface area (TPSA) is 50.1 Å². The third-order valence-corrected chi connectivity index (χ3v) is 6.33. The van der Waals surface area contributed by atoms with E-state index in [9.17, 15) is 10.1 Å². The molecule has 0 aromatic heterocycles. The molecule has 3 heteroatoms. The van der Waals surface area contributed by atoms with Crippen LogP contribution >= 0.6 is 0 Å². The van der Waals surface area contributed by atoms with E-state index in [0.717, 1.165) is 18.8 Å². The van der Waals surface area contributed by atoms with Crippen LogP contribution in [-0.2, 0) is 9.53 Å². The second-order valence-electron chi connectivity index (χ2n) is 8.49. The Balaban J connectivity index is 1.66. The lowest BCUT2D eigenvalue weighted by Crippen LogP contribution is -2.46. The van der Waals surface area contributed by atoms with E-state index in [1.807, 2.05) is 20.8 Å². The Hall–Kier alpha value is -1.30.